The summed E-state index contributed by atoms with van der Waals surface area (Å²) in [5, 5.41) is 18.9. The Morgan fingerprint density at radius 2 is 2.00 bits per heavy atom. The third-order valence-corrected chi connectivity index (χ3v) is 3.91. The van der Waals surface area contributed by atoms with E-state index in [1.54, 1.807) is 0 Å². The van der Waals surface area contributed by atoms with Crippen LogP contribution in [0.15, 0.2) is 24.3 Å². The van der Waals surface area contributed by atoms with Crippen LogP contribution in [0.4, 0.5) is 5.69 Å². The van der Waals surface area contributed by atoms with E-state index in [2.05, 4.69) is 11.0 Å². The molecule has 0 bridgehead atoms. The van der Waals surface area contributed by atoms with Gasteiger partial charge in [-0.05, 0) is 25.3 Å². The topological polar surface area (TPSA) is 52.9 Å². The Hall–Kier alpha value is -1.10. The van der Waals surface area contributed by atoms with Gasteiger partial charge in [0.15, 0.2) is 0 Å². The first kappa shape index (κ1) is 15.3. The van der Waals surface area contributed by atoms with Crippen LogP contribution in [0.25, 0.3) is 0 Å². The minimum atomic E-state index is -0.394. The molecule has 1 aliphatic heterocycles. The summed E-state index contributed by atoms with van der Waals surface area (Å²) in [5.74, 6) is 0. The van der Waals surface area contributed by atoms with Crippen molar-refractivity contribution in [1.82, 2.24) is 0 Å². The van der Waals surface area contributed by atoms with E-state index < -0.39 is 6.10 Å². The Balaban J connectivity index is 2.00. The van der Waals surface area contributed by atoms with Crippen molar-refractivity contribution in [2.75, 3.05) is 31.2 Å². The van der Waals surface area contributed by atoms with Crippen molar-refractivity contribution in [3.05, 3.63) is 29.8 Å². The van der Waals surface area contributed by atoms with E-state index in [0.29, 0.717) is 6.61 Å². The quantitative estimate of drug-likeness (QED) is 0.837. The van der Waals surface area contributed by atoms with Gasteiger partial charge in [-0.15, -0.1) is 0 Å². The molecular formula is C16H25NO3. The molecule has 20 heavy (non-hydrogen) atoms. The van der Waals surface area contributed by atoms with Crippen molar-refractivity contribution in [3.8, 4) is 0 Å². The van der Waals surface area contributed by atoms with Crippen molar-refractivity contribution in [1.29, 1.82) is 0 Å². The summed E-state index contributed by atoms with van der Waals surface area (Å²) in [7, 11) is 0. The fourth-order valence-electron chi connectivity index (χ4n) is 2.76. The number of aliphatic hydroxyl groups is 2. The maximum Gasteiger partial charge on any atom is 0.0807 e. The molecule has 0 aromatic heterocycles. The van der Waals surface area contributed by atoms with Crippen LogP contribution >= 0.6 is 0 Å². The molecule has 2 N–H and O–H groups in total. The van der Waals surface area contributed by atoms with Gasteiger partial charge in [0.05, 0.1) is 25.4 Å². The summed E-state index contributed by atoms with van der Waals surface area (Å²) in [6.07, 6.45) is 2.52. The molecule has 1 heterocycles. The summed E-state index contributed by atoms with van der Waals surface area (Å²) in [5.41, 5.74) is 2.16. The first-order chi connectivity index (χ1) is 9.76. The second-order valence-corrected chi connectivity index (χ2v) is 5.26. The van der Waals surface area contributed by atoms with Gasteiger partial charge in [0.2, 0.25) is 0 Å². The SMILES string of the molecule is CC[C@H](O)c1ccccc1N1CCC(OCCO)CC1. The Bertz CT molecular complexity index is 402. The highest BCUT2D eigenvalue weighted by Gasteiger charge is 2.22. The van der Waals surface area contributed by atoms with Gasteiger partial charge in [-0.25, -0.2) is 0 Å². The molecule has 0 amide bonds. The second kappa shape index (κ2) is 7.62. The van der Waals surface area contributed by atoms with Crippen LogP contribution in [0.3, 0.4) is 0 Å². The van der Waals surface area contributed by atoms with E-state index in [9.17, 15) is 5.11 Å². The molecule has 0 saturated carbocycles. The summed E-state index contributed by atoms with van der Waals surface area (Å²) >= 11 is 0. The smallest absolute Gasteiger partial charge is 0.0807 e. The van der Waals surface area contributed by atoms with Crippen molar-refractivity contribution < 1.29 is 14.9 Å². The summed E-state index contributed by atoms with van der Waals surface area (Å²) in [4.78, 5) is 2.33. The monoisotopic (exact) mass is 279 g/mol. The van der Waals surface area contributed by atoms with Gasteiger partial charge in [-0.2, -0.15) is 0 Å². The minimum absolute atomic E-state index is 0.0890. The lowest BCUT2D eigenvalue weighted by molar-refractivity contribution is 0.0158. The number of hydrogen-bond donors (Lipinski definition) is 2. The molecule has 0 radical (unpaired) electrons. The highest BCUT2D eigenvalue weighted by atomic mass is 16.5. The normalized spacial score (nSPS) is 18.2. The highest BCUT2D eigenvalue weighted by molar-refractivity contribution is 5.55. The van der Waals surface area contributed by atoms with E-state index in [1.165, 1.54) is 0 Å². The van der Waals surface area contributed by atoms with E-state index in [4.69, 9.17) is 9.84 Å². The Morgan fingerprint density at radius 3 is 2.65 bits per heavy atom. The van der Waals surface area contributed by atoms with Crippen LogP contribution in [-0.2, 0) is 4.74 Å². The molecule has 1 saturated heterocycles. The molecule has 112 valence electrons. The third kappa shape index (κ3) is 3.72. The lowest BCUT2D eigenvalue weighted by Crippen LogP contribution is -2.38. The van der Waals surface area contributed by atoms with E-state index in [-0.39, 0.29) is 12.7 Å². The van der Waals surface area contributed by atoms with Gasteiger partial charge in [-0.1, -0.05) is 25.1 Å². The average Bonchev–Trinajstić information content (AvgIpc) is 2.52. The Morgan fingerprint density at radius 1 is 1.30 bits per heavy atom. The number of ether oxygens (including phenoxy) is 1. The van der Waals surface area contributed by atoms with Gasteiger partial charge < -0.3 is 19.8 Å². The summed E-state index contributed by atoms with van der Waals surface area (Å²) in [6, 6.07) is 8.10. The first-order valence-electron chi connectivity index (χ1n) is 7.50. The van der Waals surface area contributed by atoms with Crippen LogP contribution < -0.4 is 4.90 Å². The molecule has 1 aromatic carbocycles. The zero-order valence-corrected chi connectivity index (χ0v) is 12.2. The van der Waals surface area contributed by atoms with Crippen molar-refractivity contribution >= 4 is 5.69 Å². The molecule has 2 rings (SSSR count). The van der Waals surface area contributed by atoms with Gasteiger partial charge in [0.25, 0.3) is 0 Å². The number of rotatable bonds is 6. The third-order valence-electron chi connectivity index (χ3n) is 3.91. The van der Waals surface area contributed by atoms with Gasteiger partial charge in [0.1, 0.15) is 0 Å². The van der Waals surface area contributed by atoms with Gasteiger partial charge >= 0.3 is 0 Å². The van der Waals surface area contributed by atoms with Crippen molar-refractivity contribution in [2.45, 2.75) is 38.4 Å². The van der Waals surface area contributed by atoms with Crippen molar-refractivity contribution in [3.63, 3.8) is 0 Å². The molecule has 0 unspecified atom stereocenters. The predicted molar refractivity (Wildman–Crippen MR) is 80.0 cm³/mol. The summed E-state index contributed by atoms with van der Waals surface area (Å²) < 4.78 is 5.59. The van der Waals surface area contributed by atoms with Gasteiger partial charge in [-0.3, -0.25) is 0 Å². The predicted octanol–water partition coefficient (Wildman–Crippen LogP) is 2.11. The number of para-hydroxylation sites is 1. The van der Waals surface area contributed by atoms with E-state index >= 15 is 0 Å². The Labute approximate surface area is 121 Å². The number of benzene rings is 1. The first-order valence-corrected chi connectivity index (χ1v) is 7.50. The molecule has 1 aliphatic rings. The fourth-order valence-corrected chi connectivity index (χ4v) is 2.76. The molecular weight excluding hydrogens is 254 g/mol. The average molecular weight is 279 g/mol. The lowest BCUT2D eigenvalue weighted by atomic mass is 10.0. The van der Waals surface area contributed by atoms with Crippen LogP contribution in [0.5, 0.6) is 0 Å². The number of hydrogen-bond acceptors (Lipinski definition) is 4. The van der Waals surface area contributed by atoms with Crippen molar-refractivity contribution in [2.24, 2.45) is 0 Å². The maximum absolute atomic E-state index is 10.1. The Kier molecular flexibility index (Phi) is 5.83. The molecule has 1 atom stereocenters. The van der Waals surface area contributed by atoms with Crippen LogP contribution in [-0.4, -0.2) is 42.6 Å². The van der Waals surface area contributed by atoms with Crippen LogP contribution in [0, 0.1) is 0 Å². The number of piperidine rings is 1. The minimum Gasteiger partial charge on any atom is -0.394 e. The number of nitrogens with zero attached hydrogens (tertiary/aromatic N) is 1. The number of anilines is 1. The zero-order valence-electron chi connectivity index (χ0n) is 12.2. The summed E-state index contributed by atoms with van der Waals surface area (Å²) in [6.45, 7) is 4.38. The van der Waals surface area contributed by atoms with Crippen LogP contribution in [0.1, 0.15) is 37.9 Å². The van der Waals surface area contributed by atoms with E-state index in [0.717, 1.165) is 43.6 Å². The molecule has 4 nitrogen and oxygen atoms in total. The molecule has 0 aliphatic carbocycles. The highest BCUT2D eigenvalue weighted by Crippen LogP contribution is 2.30. The standard InChI is InChI=1S/C16H25NO3/c1-2-16(19)14-5-3-4-6-15(14)17-9-7-13(8-10-17)20-12-11-18/h3-6,13,16,18-19H,2,7-12H2,1H3/t16-/m0/s1. The van der Waals surface area contributed by atoms with Crippen LogP contribution in [0.2, 0.25) is 0 Å². The zero-order chi connectivity index (χ0) is 14.4. The van der Waals surface area contributed by atoms with Gasteiger partial charge in [0, 0.05) is 24.3 Å². The number of aliphatic hydroxyl groups excluding tert-OH is 2. The largest absolute Gasteiger partial charge is 0.394 e. The fraction of sp³-hybridized carbons (Fsp3) is 0.625. The second-order valence-electron chi connectivity index (χ2n) is 5.26. The molecule has 0 spiro atoms. The lowest BCUT2D eigenvalue weighted by Gasteiger charge is -2.35. The maximum atomic E-state index is 10.1. The molecule has 1 fully saturated rings. The molecule has 1 aromatic rings. The molecule has 4 heteroatoms. The van der Waals surface area contributed by atoms with E-state index in [1.807, 2.05) is 25.1 Å².